The number of rotatable bonds is 11. The van der Waals surface area contributed by atoms with Crippen LogP contribution in [0.4, 0.5) is 0 Å². The lowest BCUT2D eigenvalue weighted by Gasteiger charge is -2.18. The van der Waals surface area contributed by atoms with Gasteiger partial charge in [-0.3, -0.25) is 4.68 Å². The predicted octanol–water partition coefficient (Wildman–Crippen LogP) is 2.54. The average Bonchev–Trinajstić information content (AvgIpc) is 2.82. The number of ether oxygens (including phenoxy) is 1. The largest absolute Gasteiger partial charge is 0.381 e. The quantitative estimate of drug-likeness (QED) is 0.626. The molecule has 0 fully saturated rings. The van der Waals surface area contributed by atoms with E-state index in [-0.39, 0.29) is 0 Å². The number of hydrogen-bond donors (Lipinski definition) is 1. The van der Waals surface area contributed by atoms with Crippen molar-refractivity contribution >= 4 is 0 Å². The summed E-state index contributed by atoms with van der Waals surface area (Å²) >= 11 is 0. The molecule has 0 aliphatic rings. The Morgan fingerprint density at radius 2 is 2.11 bits per heavy atom. The number of aryl methyl sites for hydroxylation is 2. The Labute approximate surface area is 117 Å². The third-order valence-corrected chi connectivity index (χ3v) is 3.18. The van der Waals surface area contributed by atoms with Crippen LogP contribution in [0.1, 0.15) is 45.1 Å². The summed E-state index contributed by atoms with van der Waals surface area (Å²) in [5, 5.41) is 7.83. The molecule has 1 N–H and O–H groups in total. The summed E-state index contributed by atoms with van der Waals surface area (Å²) < 4.78 is 7.46. The van der Waals surface area contributed by atoms with Crippen LogP contribution in [0.2, 0.25) is 0 Å². The van der Waals surface area contributed by atoms with Crippen molar-refractivity contribution in [2.75, 3.05) is 19.8 Å². The van der Waals surface area contributed by atoms with Gasteiger partial charge >= 0.3 is 0 Å². The van der Waals surface area contributed by atoms with E-state index in [1.165, 1.54) is 12.0 Å². The molecule has 0 saturated heterocycles. The maximum absolute atomic E-state index is 5.59. The van der Waals surface area contributed by atoms with Crippen molar-refractivity contribution in [2.45, 2.75) is 52.0 Å². The smallest absolute Gasteiger partial charge is 0.0521 e. The molecule has 19 heavy (non-hydrogen) atoms. The van der Waals surface area contributed by atoms with Crippen molar-refractivity contribution in [1.29, 1.82) is 0 Å². The van der Waals surface area contributed by atoms with Crippen molar-refractivity contribution < 1.29 is 4.74 Å². The zero-order valence-corrected chi connectivity index (χ0v) is 12.7. The van der Waals surface area contributed by atoms with Crippen LogP contribution in [0.15, 0.2) is 12.4 Å². The highest BCUT2D eigenvalue weighted by atomic mass is 16.5. The zero-order chi connectivity index (χ0) is 13.9. The lowest BCUT2D eigenvalue weighted by atomic mass is 10.1. The first kappa shape index (κ1) is 16.2. The van der Waals surface area contributed by atoms with Crippen LogP contribution in [-0.2, 0) is 18.2 Å². The molecule has 0 radical (unpaired) electrons. The highest BCUT2D eigenvalue weighted by molar-refractivity contribution is 5.03. The maximum Gasteiger partial charge on any atom is 0.0521 e. The van der Waals surface area contributed by atoms with E-state index in [4.69, 9.17) is 4.74 Å². The molecule has 1 atom stereocenters. The fourth-order valence-corrected chi connectivity index (χ4v) is 2.11. The average molecular weight is 267 g/mol. The van der Waals surface area contributed by atoms with Crippen LogP contribution < -0.4 is 5.32 Å². The van der Waals surface area contributed by atoms with Crippen LogP contribution in [0, 0.1) is 0 Å². The second-order valence-corrected chi connectivity index (χ2v) is 5.11. The van der Waals surface area contributed by atoms with Gasteiger partial charge in [-0.25, -0.2) is 0 Å². The second kappa shape index (κ2) is 9.98. The van der Waals surface area contributed by atoms with Gasteiger partial charge in [0.25, 0.3) is 0 Å². The molecule has 0 aliphatic heterocycles. The van der Waals surface area contributed by atoms with E-state index < -0.39 is 0 Å². The molecule has 1 aromatic rings. The topological polar surface area (TPSA) is 39.1 Å². The van der Waals surface area contributed by atoms with Crippen molar-refractivity contribution in [3.05, 3.63) is 18.0 Å². The van der Waals surface area contributed by atoms with Crippen LogP contribution in [0.3, 0.4) is 0 Å². The van der Waals surface area contributed by atoms with Gasteiger partial charge in [0.2, 0.25) is 0 Å². The molecular formula is C15H29N3O. The number of nitrogens with one attached hydrogen (secondary N) is 1. The van der Waals surface area contributed by atoms with E-state index in [9.17, 15) is 0 Å². The lowest BCUT2D eigenvalue weighted by Crippen LogP contribution is -2.31. The minimum absolute atomic E-state index is 0.553. The first-order chi connectivity index (χ1) is 9.26. The van der Waals surface area contributed by atoms with E-state index in [0.29, 0.717) is 6.04 Å². The summed E-state index contributed by atoms with van der Waals surface area (Å²) in [6.45, 7) is 7.19. The summed E-state index contributed by atoms with van der Waals surface area (Å²) in [5.74, 6) is 0. The SMILES string of the molecule is CCCNC(CCOCCC)CCc1cnn(C)c1. The van der Waals surface area contributed by atoms with Crippen molar-refractivity contribution in [1.82, 2.24) is 15.1 Å². The van der Waals surface area contributed by atoms with Crippen LogP contribution in [0.5, 0.6) is 0 Å². The third-order valence-electron chi connectivity index (χ3n) is 3.18. The van der Waals surface area contributed by atoms with Gasteiger partial charge in [-0.05, 0) is 44.2 Å². The number of nitrogens with zero attached hydrogens (tertiary/aromatic N) is 2. The molecule has 1 rings (SSSR count). The van der Waals surface area contributed by atoms with E-state index >= 15 is 0 Å². The Hall–Kier alpha value is -0.870. The normalized spacial score (nSPS) is 12.8. The molecule has 0 spiro atoms. The standard InChI is InChI=1S/C15H29N3O/c1-4-9-16-15(8-11-19-10-5-2)7-6-14-12-17-18(3)13-14/h12-13,15-16H,4-11H2,1-3H3. The molecule has 1 heterocycles. The summed E-state index contributed by atoms with van der Waals surface area (Å²) in [6.07, 6.45) is 9.68. The van der Waals surface area contributed by atoms with Gasteiger partial charge in [0.05, 0.1) is 6.20 Å². The molecule has 1 aromatic heterocycles. The minimum Gasteiger partial charge on any atom is -0.381 e. The van der Waals surface area contributed by atoms with E-state index in [1.54, 1.807) is 0 Å². The molecule has 0 bridgehead atoms. The first-order valence-corrected chi connectivity index (χ1v) is 7.54. The van der Waals surface area contributed by atoms with Crippen LogP contribution in [0.25, 0.3) is 0 Å². The molecule has 0 amide bonds. The monoisotopic (exact) mass is 267 g/mol. The van der Waals surface area contributed by atoms with Gasteiger partial charge in [0.1, 0.15) is 0 Å². The molecular weight excluding hydrogens is 238 g/mol. The van der Waals surface area contributed by atoms with Gasteiger partial charge < -0.3 is 10.1 Å². The third kappa shape index (κ3) is 7.33. The van der Waals surface area contributed by atoms with E-state index in [0.717, 1.165) is 45.4 Å². The van der Waals surface area contributed by atoms with Gasteiger partial charge in [0.15, 0.2) is 0 Å². The van der Waals surface area contributed by atoms with E-state index in [1.807, 2.05) is 17.9 Å². The van der Waals surface area contributed by atoms with Gasteiger partial charge in [-0.2, -0.15) is 5.10 Å². The molecule has 110 valence electrons. The van der Waals surface area contributed by atoms with E-state index in [2.05, 4.69) is 30.5 Å². The second-order valence-electron chi connectivity index (χ2n) is 5.11. The molecule has 4 heteroatoms. The maximum atomic E-state index is 5.59. The highest BCUT2D eigenvalue weighted by Crippen LogP contribution is 2.07. The lowest BCUT2D eigenvalue weighted by molar-refractivity contribution is 0.123. The van der Waals surface area contributed by atoms with Crippen LogP contribution in [-0.4, -0.2) is 35.6 Å². The van der Waals surface area contributed by atoms with Crippen molar-refractivity contribution in [3.8, 4) is 0 Å². The fourth-order valence-electron chi connectivity index (χ4n) is 2.11. The predicted molar refractivity (Wildman–Crippen MR) is 79.3 cm³/mol. The zero-order valence-electron chi connectivity index (χ0n) is 12.7. The Morgan fingerprint density at radius 3 is 2.74 bits per heavy atom. The summed E-state index contributed by atoms with van der Waals surface area (Å²) in [6, 6.07) is 0.553. The summed E-state index contributed by atoms with van der Waals surface area (Å²) in [4.78, 5) is 0. The summed E-state index contributed by atoms with van der Waals surface area (Å²) in [7, 11) is 1.97. The molecule has 0 saturated carbocycles. The fraction of sp³-hybridized carbons (Fsp3) is 0.800. The molecule has 0 aliphatic carbocycles. The molecule has 0 aromatic carbocycles. The molecule has 4 nitrogen and oxygen atoms in total. The Kier molecular flexibility index (Phi) is 8.50. The Balaban J connectivity index is 2.27. The van der Waals surface area contributed by atoms with Crippen molar-refractivity contribution in [2.24, 2.45) is 7.05 Å². The first-order valence-electron chi connectivity index (χ1n) is 7.54. The van der Waals surface area contributed by atoms with Gasteiger partial charge in [-0.1, -0.05) is 13.8 Å². The van der Waals surface area contributed by atoms with Crippen LogP contribution >= 0.6 is 0 Å². The van der Waals surface area contributed by atoms with Crippen molar-refractivity contribution in [3.63, 3.8) is 0 Å². The number of hydrogen-bond acceptors (Lipinski definition) is 3. The summed E-state index contributed by atoms with van der Waals surface area (Å²) in [5.41, 5.74) is 1.32. The van der Waals surface area contributed by atoms with Gasteiger partial charge in [-0.15, -0.1) is 0 Å². The van der Waals surface area contributed by atoms with Gasteiger partial charge in [0, 0.05) is 32.5 Å². The number of aromatic nitrogens is 2. The Bertz CT molecular complexity index is 325. The minimum atomic E-state index is 0.553. The molecule has 1 unspecified atom stereocenters. The highest BCUT2D eigenvalue weighted by Gasteiger charge is 2.08. The Morgan fingerprint density at radius 1 is 1.26 bits per heavy atom.